The van der Waals surface area contributed by atoms with E-state index in [-0.39, 0.29) is 5.82 Å². The molecule has 1 aromatic heterocycles. The summed E-state index contributed by atoms with van der Waals surface area (Å²) in [4.78, 5) is 4.42. The van der Waals surface area contributed by atoms with Crippen molar-refractivity contribution >= 4 is 5.88 Å². The zero-order valence-electron chi connectivity index (χ0n) is 15.3. The van der Waals surface area contributed by atoms with Crippen LogP contribution < -0.4 is 5.32 Å². The molecule has 5 heteroatoms. The molecule has 0 amide bonds. The summed E-state index contributed by atoms with van der Waals surface area (Å²) in [5, 5.41) is 12.5. The average Bonchev–Trinajstić information content (AvgIpc) is 3.09. The molecular weight excluding hydrogens is 329 g/mol. The van der Waals surface area contributed by atoms with Crippen molar-refractivity contribution in [2.24, 2.45) is 5.92 Å². The fourth-order valence-electron chi connectivity index (χ4n) is 3.68. The van der Waals surface area contributed by atoms with Gasteiger partial charge in [0.25, 0.3) is 0 Å². The molecule has 0 radical (unpaired) electrons. The summed E-state index contributed by atoms with van der Waals surface area (Å²) in [6.45, 7) is 2.70. The van der Waals surface area contributed by atoms with Gasteiger partial charge in [-0.25, -0.2) is 9.37 Å². The van der Waals surface area contributed by atoms with Gasteiger partial charge >= 0.3 is 0 Å². The van der Waals surface area contributed by atoms with Crippen LogP contribution in [0.5, 0.6) is 0 Å². The van der Waals surface area contributed by atoms with Gasteiger partial charge in [-0.15, -0.1) is 0 Å². The summed E-state index contributed by atoms with van der Waals surface area (Å²) in [5.41, 5.74) is 1.22. The Morgan fingerprint density at radius 2 is 1.96 bits per heavy atom. The third-order valence-electron chi connectivity index (χ3n) is 5.28. The highest BCUT2D eigenvalue weighted by Crippen LogP contribution is 2.38. The number of unbranched alkanes of at least 4 members (excludes halogenated alkanes) is 1. The zero-order chi connectivity index (χ0) is 18.4. The van der Waals surface area contributed by atoms with Crippen LogP contribution in [0.25, 0.3) is 0 Å². The van der Waals surface area contributed by atoms with E-state index in [1.807, 2.05) is 0 Å². The zero-order valence-corrected chi connectivity index (χ0v) is 15.3. The number of benzene rings is 1. The average molecular weight is 355 g/mol. The molecule has 1 aliphatic rings. The van der Waals surface area contributed by atoms with Gasteiger partial charge in [-0.3, -0.25) is 0 Å². The number of hydrogen-bond donors (Lipinski definition) is 1. The first-order valence-corrected chi connectivity index (χ1v) is 9.58. The summed E-state index contributed by atoms with van der Waals surface area (Å²) in [7, 11) is 0. The van der Waals surface area contributed by atoms with E-state index in [1.54, 1.807) is 12.1 Å². The monoisotopic (exact) mass is 355 g/mol. The van der Waals surface area contributed by atoms with Crippen LogP contribution in [-0.2, 0) is 6.54 Å². The molecule has 3 rings (SSSR count). The number of nitrogens with zero attached hydrogens (tertiary/aromatic N) is 2. The predicted molar refractivity (Wildman–Crippen MR) is 99.2 cm³/mol. The lowest BCUT2D eigenvalue weighted by molar-refractivity contribution is 0.278. The van der Waals surface area contributed by atoms with Crippen LogP contribution in [0.1, 0.15) is 74.9 Å². The van der Waals surface area contributed by atoms with Crippen molar-refractivity contribution < 1.29 is 8.81 Å². The van der Waals surface area contributed by atoms with Crippen molar-refractivity contribution in [1.82, 2.24) is 4.98 Å². The lowest BCUT2D eigenvalue weighted by Crippen LogP contribution is -2.13. The lowest BCUT2D eigenvalue weighted by atomic mass is 9.80. The smallest absolute Gasteiger partial charge is 0.232 e. The van der Waals surface area contributed by atoms with Crippen molar-refractivity contribution in [3.05, 3.63) is 47.2 Å². The molecule has 1 aliphatic carbocycles. The highest BCUT2D eigenvalue weighted by molar-refractivity contribution is 5.46. The molecule has 1 saturated carbocycles. The van der Waals surface area contributed by atoms with Gasteiger partial charge in [0.05, 0.1) is 0 Å². The Kier molecular flexibility index (Phi) is 6.27. The maximum Gasteiger partial charge on any atom is 0.232 e. The number of anilines is 1. The first kappa shape index (κ1) is 18.4. The van der Waals surface area contributed by atoms with Crippen LogP contribution in [0.4, 0.5) is 10.3 Å². The molecule has 0 aliphatic heterocycles. The molecule has 138 valence electrons. The van der Waals surface area contributed by atoms with Gasteiger partial charge in [-0.1, -0.05) is 38.3 Å². The molecule has 0 bridgehead atoms. The summed E-state index contributed by atoms with van der Waals surface area (Å²) < 4.78 is 18.9. The highest BCUT2D eigenvalue weighted by atomic mass is 19.1. The van der Waals surface area contributed by atoms with Crippen LogP contribution in [0, 0.1) is 23.1 Å². The van der Waals surface area contributed by atoms with E-state index in [4.69, 9.17) is 4.42 Å². The fourth-order valence-corrected chi connectivity index (χ4v) is 3.68. The minimum Gasteiger partial charge on any atom is -0.424 e. The second-order valence-electron chi connectivity index (χ2n) is 7.18. The van der Waals surface area contributed by atoms with Crippen molar-refractivity contribution in [3.8, 4) is 6.07 Å². The Labute approximate surface area is 154 Å². The SMILES string of the molecule is CCCCC1CCC(c2nc(C#N)c(NCc3ccc(F)cc3)o2)CC1. The van der Waals surface area contributed by atoms with Crippen LogP contribution in [0.3, 0.4) is 0 Å². The van der Waals surface area contributed by atoms with Crippen molar-refractivity contribution in [2.45, 2.75) is 64.3 Å². The minimum absolute atomic E-state index is 0.261. The molecule has 2 aromatic rings. The number of aromatic nitrogens is 1. The van der Waals surface area contributed by atoms with Crippen LogP contribution >= 0.6 is 0 Å². The topological polar surface area (TPSA) is 61.9 Å². The number of rotatable bonds is 7. The van der Waals surface area contributed by atoms with Gasteiger partial charge < -0.3 is 9.73 Å². The number of nitrogens with one attached hydrogen (secondary N) is 1. The largest absolute Gasteiger partial charge is 0.424 e. The van der Waals surface area contributed by atoms with Gasteiger partial charge in [-0.05, 0) is 49.3 Å². The summed E-state index contributed by atoms with van der Waals surface area (Å²) >= 11 is 0. The van der Waals surface area contributed by atoms with E-state index < -0.39 is 0 Å². The molecule has 0 atom stereocenters. The quantitative estimate of drug-likeness (QED) is 0.686. The molecule has 26 heavy (non-hydrogen) atoms. The molecular formula is C21H26FN3O. The van der Waals surface area contributed by atoms with Gasteiger partial charge in [0.2, 0.25) is 17.5 Å². The van der Waals surface area contributed by atoms with Crippen molar-refractivity contribution in [3.63, 3.8) is 0 Å². The Morgan fingerprint density at radius 1 is 1.23 bits per heavy atom. The van der Waals surface area contributed by atoms with E-state index in [0.29, 0.717) is 29.9 Å². The summed E-state index contributed by atoms with van der Waals surface area (Å²) in [6, 6.07) is 8.38. The van der Waals surface area contributed by atoms with E-state index in [9.17, 15) is 9.65 Å². The maximum atomic E-state index is 13.0. The maximum absolute atomic E-state index is 13.0. The van der Waals surface area contributed by atoms with Crippen molar-refractivity contribution in [2.75, 3.05) is 5.32 Å². The molecule has 1 fully saturated rings. The number of nitriles is 1. The standard InChI is InChI=1S/C21H26FN3O/c1-2-3-4-15-5-9-17(10-6-15)20-25-19(13-23)21(26-20)24-14-16-7-11-18(22)12-8-16/h7-8,11-12,15,17,24H,2-6,9-10,14H2,1H3. The molecule has 0 saturated heterocycles. The first-order chi connectivity index (χ1) is 12.7. The van der Waals surface area contributed by atoms with Crippen LogP contribution in [0.15, 0.2) is 28.7 Å². The van der Waals surface area contributed by atoms with E-state index in [2.05, 4.69) is 23.3 Å². The molecule has 0 spiro atoms. The second-order valence-corrected chi connectivity index (χ2v) is 7.18. The second kappa shape index (κ2) is 8.84. The Bertz CT molecular complexity index is 740. The molecule has 1 aromatic carbocycles. The van der Waals surface area contributed by atoms with Crippen LogP contribution in [0.2, 0.25) is 0 Å². The van der Waals surface area contributed by atoms with Gasteiger partial charge in [0.1, 0.15) is 11.9 Å². The third kappa shape index (κ3) is 4.63. The van der Waals surface area contributed by atoms with E-state index in [1.165, 1.54) is 44.2 Å². The highest BCUT2D eigenvalue weighted by Gasteiger charge is 2.27. The number of oxazole rings is 1. The fraction of sp³-hybridized carbons (Fsp3) is 0.524. The van der Waals surface area contributed by atoms with E-state index in [0.717, 1.165) is 24.3 Å². The first-order valence-electron chi connectivity index (χ1n) is 9.58. The number of halogens is 1. The Balaban J connectivity index is 1.60. The molecule has 1 heterocycles. The molecule has 4 nitrogen and oxygen atoms in total. The summed E-state index contributed by atoms with van der Waals surface area (Å²) in [6.07, 6.45) is 8.48. The van der Waals surface area contributed by atoms with Gasteiger partial charge in [0, 0.05) is 12.5 Å². The molecule has 1 N–H and O–H groups in total. The van der Waals surface area contributed by atoms with Gasteiger partial charge in [-0.2, -0.15) is 5.26 Å². The predicted octanol–water partition coefficient (Wildman–Crippen LogP) is 5.76. The third-order valence-corrected chi connectivity index (χ3v) is 5.28. The Hall–Kier alpha value is -2.35. The van der Waals surface area contributed by atoms with Gasteiger partial charge in [0.15, 0.2) is 0 Å². The minimum atomic E-state index is -0.261. The normalized spacial score (nSPS) is 19.9. The Morgan fingerprint density at radius 3 is 2.62 bits per heavy atom. The van der Waals surface area contributed by atoms with Crippen LogP contribution in [-0.4, -0.2) is 4.98 Å². The van der Waals surface area contributed by atoms with Crippen molar-refractivity contribution in [1.29, 1.82) is 5.26 Å². The number of hydrogen-bond acceptors (Lipinski definition) is 4. The molecule has 0 unspecified atom stereocenters. The lowest BCUT2D eigenvalue weighted by Gasteiger charge is -2.26. The summed E-state index contributed by atoms with van der Waals surface area (Å²) in [5.74, 6) is 1.97. The van der Waals surface area contributed by atoms with E-state index >= 15 is 0 Å².